The average Bonchev–Trinajstić information content (AvgIpc) is 3.08. The molecule has 0 fully saturated rings. The quantitative estimate of drug-likeness (QED) is 0.627. The number of benzene rings is 1. The Kier molecular flexibility index (Phi) is 4.17. The largest absolute Gasteiger partial charge is 0.460 e. The van der Waals surface area contributed by atoms with E-state index in [4.69, 9.17) is 4.42 Å². The highest BCUT2D eigenvalue weighted by Gasteiger charge is 2.11. The lowest BCUT2D eigenvalue weighted by Gasteiger charge is -2.09. The van der Waals surface area contributed by atoms with Crippen LogP contribution < -0.4 is 5.32 Å². The third kappa shape index (κ3) is 3.22. The lowest BCUT2D eigenvalue weighted by atomic mass is 10.2. The second kappa shape index (κ2) is 6.07. The van der Waals surface area contributed by atoms with Crippen molar-refractivity contribution in [1.29, 1.82) is 0 Å². The molecule has 6 heteroatoms. The summed E-state index contributed by atoms with van der Waals surface area (Å²) >= 11 is 7.01. The molecule has 21 heavy (non-hydrogen) atoms. The second-order valence-corrected chi connectivity index (χ2v) is 6.43. The first-order chi connectivity index (χ1) is 10.1. The number of aryl methyl sites for hydroxylation is 1. The normalized spacial score (nSPS) is 10.8. The molecule has 2 heterocycles. The van der Waals surface area contributed by atoms with E-state index >= 15 is 0 Å². The highest BCUT2D eigenvalue weighted by Crippen LogP contribution is 2.28. The van der Waals surface area contributed by atoms with Gasteiger partial charge in [-0.2, -0.15) is 5.10 Å². The Balaban J connectivity index is 1.80. The second-order valence-electron chi connectivity index (χ2n) is 4.66. The summed E-state index contributed by atoms with van der Waals surface area (Å²) in [5.41, 5.74) is 2.98. The van der Waals surface area contributed by atoms with Crippen molar-refractivity contribution >= 4 is 37.5 Å². The van der Waals surface area contributed by atoms with E-state index in [1.807, 2.05) is 43.5 Å². The van der Waals surface area contributed by atoms with Crippen LogP contribution >= 0.6 is 31.9 Å². The number of H-pyrrole nitrogens is 1. The number of hydrogen-bond acceptors (Lipinski definition) is 3. The van der Waals surface area contributed by atoms with E-state index in [0.29, 0.717) is 6.54 Å². The number of nitrogens with one attached hydrogen (secondary N) is 2. The zero-order chi connectivity index (χ0) is 14.8. The Morgan fingerprint density at radius 2 is 2.10 bits per heavy atom. The van der Waals surface area contributed by atoms with Crippen LogP contribution in [0.25, 0.3) is 11.5 Å². The molecule has 0 spiro atoms. The molecule has 0 atom stereocenters. The third-order valence-electron chi connectivity index (χ3n) is 3.10. The van der Waals surface area contributed by atoms with Gasteiger partial charge in [0.25, 0.3) is 0 Å². The molecule has 0 bridgehead atoms. The van der Waals surface area contributed by atoms with Crippen LogP contribution in [0.4, 0.5) is 5.69 Å². The van der Waals surface area contributed by atoms with E-state index in [-0.39, 0.29) is 0 Å². The fourth-order valence-electron chi connectivity index (χ4n) is 2.05. The van der Waals surface area contributed by atoms with Gasteiger partial charge in [0.15, 0.2) is 5.76 Å². The molecule has 0 saturated heterocycles. The molecular formula is C15H13Br2N3O. The van der Waals surface area contributed by atoms with Gasteiger partial charge in [0.2, 0.25) is 0 Å². The number of halogens is 2. The number of furan rings is 1. The first-order valence-corrected chi connectivity index (χ1v) is 8.00. The minimum Gasteiger partial charge on any atom is -0.460 e. The molecule has 0 amide bonds. The molecule has 4 nitrogen and oxygen atoms in total. The van der Waals surface area contributed by atoms with Crippen molar-refractivity contribution in [3.63, 3.8) is 0 Å². The molecule has 2 aromatic heterocycles. The molecule has 0 aliphatic carbocycles. The number of anilines is 1. The summed E-state index contributed by atoms with van der Waals surface area (Å²) in [5, 5.41) is 10.5. The number of nitrogens with zero attached hydrogens (tertiary/aromatic N) is 1. The van der Waals surface area contributed by atoms with Gasteiger partial charge in [0, 0.05) is 26.7 Å². The van der Waals surface area contributed by atoms with Gasteiger partial charge in [0.05, 0.1) is 6.20 Å². The summed E-state index contributed by atoms with van der Waals surface area (Å²) in [6.07, 6.45) is 1.81. The molecule has 0 saturated carbocycles. The highest BCUT2D eigenvalue weighted by molar-refractivity contribution is 9.11. The fraction of sp³-hybridized carbons (Fsp3) is 0.133. The molecule has 3 rings (SSSR count). The van der Waals surface area contributed by atoms with Crippen molar-refractivity contribution in [3.8, 4) is 11.5 Å². The maximum absolute atomic E-state index is 5.65. The third-order valence-corrected chi connectivity index (χ3v) is 4.29. The van der Waals surface area contributed by atoms with Gasteiger partial charge in [-0.15, -0.1) is 0 Å². The molecule has 0 unspecified atom stereocenters. The van der Waals surface area contributed by atoms with E-state index in [9.17, 15) is 0 Å². The van der Waals surface area contributed by atoms with Crippen LogP contribution in [0.2, 0.25) is 0 Å². The van der Waals surface area contributed by atoms with E-state index < -0.39 is 0 Å². The minimum absolute atomic E-state index is 0.653. The summed E-state index contributed by atoms with van der Waals surface area (Å²) in [7, 11) is 0. The van der Waals surface area contributed by atoms with Crippen LogP contribution in [0.1, 0.15) is 11.3 Å². The fourth-order valence-corrected chi connectivity index (χ4v) is 2.80. The van der Waals surface area contributed by atoms with E-state index in [2.05, 4.69) is 47.4 Å². The van der Waals surface area contributed by atoms with Crippen LogP contribution in [0.3, 0.4) is 0 Å². The van der Waals surface area contributed by atoms with Gasteiger partial charge >= 0.3 is 0 Å². The smallest absolute Gasteiger partial charge is 0.152 e. The predicted octanol–water partition coefficient (Wildman–Crippen LogP) is 5.12. The minimum atomic E-state index is 0.653. The van der Waals surface area contributed by atoms with E-state index in [1.165, 1.54) is 0 Å². The highest BCUT2D eigenvalue weighted by atomic mass is 79.9. The van der Waals surface area contributed by atoms with Gasteiger partial charge in [0.1, 0.15) is 11.5 Å². The molecule has 1 aromatic carbocycles. The lowest BCUT2D eigenvalue weighted by Crippen LogP contribution is -2.00. The molecule has 0 aliphatic rings. The molecule has 3 aromatic rings. The van der Waals surface area contributed by atoms with E-state index in [1.54, 1.807) is 0 Å². The monoisotopic (exact) mass is 409 g/mol. The van der Waals surface area contributed by atoms with Crippen molar-refractivity contribution in [3.05, 3.63) is 56.8 Å². The average molecular weight is 411 g/mol. The molecular weight excluding hydrogens is 398 g/mol. The van der Waals surface area contributed by atoms with Gasteiger partial charge in [-0.1, -0.05) is 15.9 Å². The summed E-state index contributed by atoms with van der Waals surface area (Å²) < 4.78 is 7.70. The lowest BCUT2D eigenvalue weighted by molar-refractivity contribution is 0.545. The van der Waals surface area contributed by atoms with Gasteiger partial charge in [-0.3, -0.25) is 5.10 Å². The number of hydrogen-bond donors (Lipinski definition) is 2. The topological polar surface area (TPSA) is 53.9 Å². The maximum atomic E-state index is 5.65. The number of aromatic amines is 1. The number of rotatable bonds is 4. The first-order valence-electron chi connectivity index (χ1n) is 6.41. The summed E-state index contributed by atoms with van der Waals surface area (Å²) in [4.78, 5) is 0. The first kappa shape index (κ1) is 14.4. The zero-order valence-corrected chi connectivity index (χ0v) is 14.5. The Morgan fingerprint density at radius 3 is 2.86 bits per heavy atom. The van der Waals surface area contributed by atoms with E-state index in [0.717, 1.165) is 37.4 Å². The summed E-state index contributed by atoms with van der Waals surface area (Å²) in [5.74, 6) is 1.68. The van der Waals surface area contributed by atoms with Crippen LogP contribution in [-0.4, -0.2) is 10.2 Å². The summed E-state index contributed by atoms with van der Waals surface area (Å²) in [6, 6.07) is 9.91. The molecule has 0 radical (unpaired) electrons. The SMILES string of the molecule is Cc1ccc(-c2[nH]ncc2CNc2cc(Br)ccc2Br)o1. The van der Waals surface area contributed by atoms with Crippen molar-refractivity contribution < 1.29 is 4.42 Å². The standard InChI is InChI=1S/C15H13Br2N3O/c1-9-2-5-14(21-9)15-10(8-19-20-15)7-18-13-6-11(16)3-4-12(13)17/h2-6,8,18H,7H2,1H3,(H,19,20). The molecule has 0 aliphatic heterocycles. The van der Waals surface area contributed by atoms with Gasteiger partial charge < -0.3 is 9.73 Å². The summed E-state index contributed by atoms with van der Waals surface area (Å²) in [6.45, 7) is 2.58. The Morgan fingerprint density at radius 1 is 1.24 bits per heavy atom. The van der Waals surface area contributed by atoms with Gasteiger partial charge in [-0.05, 0) is 53.2 Å². The Hall–Kier alpha value is -1.53. The number of aromatic nitrogens is 2. The van der Waals surface area contributed by atoms with Crippen molar-refractivity contribution in [1.82, 2.24) is 10.2 Å². The van der Waals surface area contributed by atoms with Crippen molar-refractivity contribution in [2.75, 3.05) is 5.32 Å². The zero-order valence-electron chi connectivity index (χ0n) is 11.3. The van der Waals surface area contributed by atoms with Gasteiger partial charge in [-0.25, -0.2) is 0 Å². The Bertz CT molecular complexity index is 764. The Labute approximate surface area is 139 Å². The van der Waals surface area contributed by atoms with Crippen molar-refractivity contribution in [2.24, 2.45) is 0 Å². The predicted molar refractivity (Wildman–Crippen MR) is 90.2 cm³/mol. The van der Waals surface area contributed by atoms with Crippen LogP contribution in [0, 0.1) is 6.92 Å². The van der Waals surface area contributed by atoms with Crippen LogP contribution in [0.15, 0.2) is 49.9 Å². The molecule has 2 N–H and O–H groups in total. The maximum Gasteiger partial charge on any atom is 0.152 e. The van der Waals surface area contributed by atoms with Crippen LogP contribution in [-0.2, 0) is 6.54 Å². The van der Waals surface area contributed by atoms with Crippen LogP contribution in [0.5, 0.6) is 0 Å². The van der Waals surface area contributed by atoms with Crippen molar-refractivity contribution in [2.45, 2.75) is 13.5 Å². The molecule has 108 valence electrons.